The van der Waals surface area contributed by atoms with Crippen LogP contribution in [0.3, 0.4) is 0 Å². The standard InChI is InChI=1S/C12H20O4.C7H8O/c1-4-6-7-10(5-2)8-16-12(15)9(3)11(13)14;1-8-7-5-3-2-4-6-7/h10H,3-8H2,1-2H3,(H,13,14);2-6H,1H3. The first kappa shape index (κ1) is 21.7. The molecule has 134 valence electrons. The van der Waals surface area contributed by atoms with Gasteiger partial charge in [-0.15, -0.1) is 0 Å². The highest BCUT2D eigenvalue weighted by Crippen LogP contribution is 2.13. The maximum absolute atomic E-state index is 11.2. The molecule has 5 heteroatoms. The second-order valence-electron chi connectivity index (χ2n) is 5.32. The Balaban J connectivity index is 0.000000546. The summed E-state index contributed by atoms with van der Waals surface area (Å²) in [5.41, 5.74) is -0.509. The van der Waals surface area contributed by atoms with Crippen molar-refractivity contribution >= 4 is 11.9 Å². The summed E-state index contributed by atoms with van der Waals surface area (Å²) in [5.74, 6) is -0.938. The fourth-order valence-electron chi connectivity index (χ4n) is 1.82. The average molecular weight is 336 g/mol. The van der Waals surface area contributed by atoms with Crippen LogP contribution in [0, 0.1) is 5.92 Å². The molecule has 0 aliphatic carbocycles. The number of carboxylic acids is 1. The van der Waals surface area contributed by atoms with Crippen molar-refractivity contribution in [1.82, 2.24) is 0 Å². The molecule has 0 amide bonds. The lowest BCUT2D eigenvalue weighted by molar-refractivity contribution is -0.145. The highest BCUT2D eigenvalue weighted by molar-refractivity contribution is 6.12. The molecule has 0 radical (unpaired) electrons. The van der Waals surface area contributed by atoms with E-state index < -0.39 is 17.5 Å². The quantitative estimate of drug-likeness (QED) is 0.318. The van der Waals surface area contributed by atoms with Crippen molar-refractivity contribution in [2.24, 2.45) is 5.92 Å². The fraction of sp³-hybridized carbons (Fsp3) is 0.474. The van der Waals surface area contributed by atoms with E-state index in [1.165, 1.54) is 0 Å². The molecule has 24 heavy (non-hydrogen) atoms. The number of rotatable bonds is 9. The molecule has 1 aromatic carbocycles. The number of carbonyl (C=O) groups excluding carboxylic acids is 1. The maximum atomic E-state index is 11.2. The van der Waals surface area contributed by atoms with Crippen LogP contribution in [0.25, 0.3) is 0 Å². The molecule has 0 aliphatic rings. The van der Waals surface area contributed by atoms with Crippen LogP contribution in [0.5, 0.6) is 5.75 Å². The number of carbonyl (C=O) groups is 2. The monoisotopic (exact) mass is 336 g/mol. The zero-order chi connectivity index (χ0) is 18.4. The van der Waals surface area contributed by atoms with Crippen molar-refractivity contribution < 1.29 is 24.2 Å². The Morgan fingerprint density at radius 3 is 2.25 bits per heavy atom. The van der Waals surface area contributed by atoms with Gasteiger partial charge in [0.05, 0.1) is 13.7 Å². The fourth-order valence-corrected chi connectivity index (χ4v) is 1.82. The zero-order valence-electron chi connectivity index (χ0n) is 14.8. The van der Waals surface area contributed by atoms with Crippen LogP contribution < -0.4 is 4.74 Å². The summed E-state index contributed by atoms with van der Waals surface area (Å²) < 4.78 is 9.81. The van der Waals surface area contributed by atoms with Crippen molar-refractivity contribution in [2.45, 2.75) is 39.5 Å². The highest BCUT2D eigenvalue weighted by atomic mass is 16.5. The number of hydrogen-bond donors (Lipinski definition) is 1. The lowest BCUT2D eigenvalue weighted by atomic mass is 10.0. The molecule has 0 fully saturated rings. The Labute approximate surface area is 144 Å². The van der Waals surface area contributed by atoms with Gasteiger partial charge in [-0.05, 0) is 24.5 Å². The van der Waals surface area contributed by atoms with Gasteiger partial charge in [0.2, 0.25) is 0 Å². The summed E-state index contributed by atoms with van der Waals surface area (Å²) >= 11 is 0. The van der Waals surface area contributed by atoms with Gasteiger partial charge in [0.1, 0.15) is 11.3 Å². The predicted molar refractivity (Wildman–Crippen MR) is 94.0 cm³/mol. The van der Waals surface area contributed by atoms with Gasteiger partial charge in [-0.25, -0.2) is 9.59 Å². The molecular formula is C19H28O5. The Kier molecular flexibility index (Phi) is 11.9. The minimum atomic E-state index is -1.33. The lowest BCUT2D eigenvalue weighted by Crippen LogP contribution is -2.18. The Hall–Kier alpha value is -2.30. The van der Waals surface area contributed by atoms with Crippen LogP contribution in [-0.4, -0.2) is 30.8 Å². The first-order valence-electron chi connectivity index (χ1n) is 8.14. The molecule has 1 aromatic rings. The largest absolute Gasteiger partial charge is 0.497 e. The van der Waals surface area contributed by atoms with Crippen LogP contribution in [-0.2, 0) is 14.3 Å². The Bertz CT molecular complexity index is 496. The second-order valence-corrected chi connectivity index (χ2v) is 5.32. The van der Waals surface area contributed by atoms with Crippen molar-refractivity contribution in [3.05, 3.63) is 42.5 Å². The van der Waals surface area contributed by atoms with E-state index >= 15 is 0 Å². The van der Waals surface area contributed by atoms with E-state index in [0.29, 0.717) is 5.92 Å². The normalized spacial score (nSPS) is 10.8. The van der Waals surface area contributed by atoms with E-state index in [0.717, 1.165) is 31.4 Å². The highest BCUT2D eigenvalue weighted by Gasteiger charge is 2.17. The molecular weight excluding hydrogens is 308 g/mol. The van der Waals surface area contributed by atoms with Crippen LogP contribution >= 0.6 is 0 Å². The third-order valence-corrected chi connectivity index (χ3v) is 3.48. The Morgan fingerprint density at radius 2 is 1.83 bits per heavy atom. The molecule has 0 spiro atoms. The Morgan fingerprint density at radius 1 is 1.21 bits per heavy atom. The molecule has 1 atom stereocenters. The molecule has 0 aliphatic heterocycles. The summed E-state index contributed by atoms with van der Waals surface area (Å²) in [6.07, 6.45) is 4.12. The van der Waals surface area contributed by atoms with Gasteiger partial charge in [0.25, 0.3) is 0 Å². The molecule has 0 heterocycles. The van der Waals surface area contributed by atoms with Gasteiger partial charge >= 0.3 is 11.9 Å². The number of esters is 1. The number of unbranched alkanes of at least 4 members (excludes halogenated alkanes) is 1. The van der Waals surface area contributed by atoms with E-state index in [9.17, 15) is 9.59 Å². The topological polar surface area (TPSA) is 72.8 Å². The third kappa shape index (κ3) is 9.66. The number of hydrogen-bond acceptors (Lipinski definition) is 4. The van der Waals surface area contributed by atoms with Crippen LogP contribution in [0.4, 0.5) is 0 Å². The van der Waals surface area contributed by atoms with Crippen molar-refractivity contribution in [1.29, 1.82) is 0 Å². The smallest absolute Gasteiger partial charge is 0.344 e. The predicted octanol–water partition coefficient (Wildman–Crippen LogP) is 4.08. The van der Waals surface area contributed by atoms with Gasteiger partial charge in [-0.1, -0.05) is 57.9 Å². The average Bonchev–Trinajstić information content (AvgIpc) is 2.62. The summed E-state index contributed by atoms with van der Waals surface area (Å²) in [5, 5.41) is 8.52. The first-order chi connectivity index (χ1) is 11.5. The van der Waals surface area contributed by atoms with E-state index in [1.807, 2.05) is 37.3 Å². The molecule has 0 bridgehead atoms. The van der Waals surface area contributed by atoms with E-state index in [-0.39, 0.29) is 6.61 Å². The molecule has 1 unspecified atom stereocenters. The molecule has 0 saturated carbocycles. The number of ether oxygens (including phenoxy) is 2. The van der Waals surface area contributed by atoms with Gasteiger partial charge in [-0.2, -0.15) is 0 Å². The summed E-state index contributed by atoms with van der Waals surface area (Å²) in [7, 11) is 1.66. The van der Waals surface area contributed by atoms with Crippen molar-refractivity contribution in [3.63, 3.8) is 0 Å². The molecule has 1 rings (SSSR count). The minimum absolute atomic E-state index is 0.279. The van der Waals surface area contributed by atoms with Gasteiger partial charge < -0.3 is 14.6 Å². The lowest BCUT2D eigenvalue weighted by Gasteiger charge is -2.14. The number of aliphatic carboxylic acids is 1. The van der Waals surface area contributed by atoms with E-state index in [2.05, 4.69) is 13.5 Å². The van der Waals surface area contributed by atoms with Crippen molar-refractivity contribution in [2.75, 3.05) is 13.7 Å². The van der Waals surface area contributed by atoms with E-state index in [1.54, 1.807) is 7.11 Å². The summed E-state index contributed by atoms with van der Waals surface area (Å²) in [6, 6.07) is 9.68. The van der Waals surface area contributed by atoms with Crippen molar-refractivity contribution in [3.8, 4) is 5.75 Å². The summed E-state index contributed by atoms with van der Waals surface area (Å²) in [6.45, 7) is 7.56. The first-order valence-corrected chi connectivity index (χ1v) is 8.14. The number of methoxy groups -OCH3 is 1. The second kappa shape index (κ2) is 13.2. The van der Waals surface area contributed by atoms with Crippen LogP contribution in [0.15, 0.2) is 42.5 Å². The third-order valence-electron chi connectivity index (χ3n) is 3.48. The van der Waals surface area contributed by atoms with Crippen LogP contribution in [0.1, 0.15) is 39.5 Å². The van der Waals surface area contributed by atoms with Gasteiger partial charge in [0, 0.05) is 0 Å². The number of para-hydroxylation sites is 1. The molecule has 0 saturated heterocycles. The molecule has 1 N–H and O–H groups in total. The molecule has 0 aromatic heterocycles. The zero-order valence-corrected chi connectivity index (χ0v) is 14.8. The molecule has 5 nitrogen and oxygen atoms in total. The van der Waals surface area contributed by atoms with Crippen LogP contribution in [0.2, 0.25) is 0 Å². The number of benzene rings is 1. The summed E-state index contributed by atoms with van der Waals surface area (Å²) in [4.78, 5) is 21.6. The number of carboxylic acid groups (broad SMARTS) is 1. The van der Waals surface area contributed by atoms with Gasteiger partial charge in [0.15, 0.2) is 0 Å². The maximum Gasteiger partial charge on any atom is 0.344 e. The van der Waals surface area contributed by atoms with Gasteiger partial charge in [-0.3, -0.25) is 0 Å². The van der Waals surface area contributed by atoms with E-state index in [4.69, 9.17) is 14.6 Å². The minimum Gasteiger partial charge on any atom is -0.497 e. The SMILES string of the molecule is C=C(C(=O)O)C(=O)OCC(CC)CCCC.COc1ccccc1.